The van der Waals surface area contributed by atoms with Crippen molar-refractivity contribution < 1.29 is 4.79 Å². The number of nitriles is 1. The molecule has 0 saturated carbocycles. The summed E-state index contributed by atoms with van der Waals surface area (Å²) in [7, 11) is 0. The highest BCUT2D eigenvalue weighted by Gasteiger charge is 1.90. The second-order valence-corrected chi connectivity index (χ2v) is 2.05. The summed E-state index contributed by atoms with van der Waals surface area (Å²) < 4.78 is 0. The topological polar surface area (TPSA) is 53.8 Å². The average molecular weight is 158 g/mol. The number of allylic oxidation sites excluding steroid dienone is 1. The number of carbonyl (C=O) groups is 1. The van der Waals surface area contributed by atoms with Gasteiger partial charge in [0.1, 0.15) is 18.0 Å². The molecule has 0 spiro atoms. The van der Waals surface area contributed by atoms with E-state index in [0.717, 1.165) is 0 Å². The Morgan fingerprint density at radius 2 is 2.33 bits per heavy atom. The van der Waals surface area contributed by atoms with Gasteiger partial charge in [-0.1, -0.05) is 6.07 Å². The van der Waals surface area contributed by atoms with Gasteiger partial charge in [0.2, 0.25) is 0 Å². The third-order valence-electron chi connectivity index (χ3n) is 1.23. The zero-order valence-corrected chi connectivity index (χ0v) is 6.27. The average Bonchev–Trinajstić information content (AvgIpc) is 2.15. The van der Waals surface area contributed by atoms with Gasteiger partial charge in [-0.3, -0.25) is 4.79 Å². The van der Waals surface area contributed by atoms with E-state index in [1.807, 2.05) is 6.07 Å². The molecule has 0 bridgehead atoms. The van der Waals surface area contributed by atoms with Crippen LogP contribution in [-0.4, -0.2) is 11.3 Å². The lowest BCUT2D eigenvalue weighted by molar-refractivity contribution is -0.104. The minimum atomic E-state index is 0.350. The van der Waals surface area contributed by atoms with Crippen molar-refractivity contribution >= 4 is 12.4 Å². The summed E-state index contributed by atoms with van der Waals surface area (Å²) >= 11 is 0. The molecular weight excluding hydrogens is 152 g/mol. The van der Waals surface area contributed by atoms with Gasteiger partial charge in [0.15, 0.2) is 0 Å². The van der Waals surface area contributed by atoms with Crippen LogP contribution in [-0.2, 0) is 4.79 Å². The van der Waals surface area contributed by atoms with E-state index in [4.69, 9.17) is 5.26 Å². The first-order valence-electron chi connectivity index (χ1n) is 3.36. The molecule has 0 aromatic carbocycles. The van der Waals surface area contributed by atoms with Gasteiger partial charge in [-0.05, 0) is 24.3 Å². The summed E-state index contributed by atoms with van der Waals surface area (Å²) in [4.78, 5) is 13.9. The number of hydrogen-bond acceptors (Lipinski definition) is 3. The molecule has 0 aliphatic carbocycles. The van der Waals surface area contributed by atoms with E-state index in [1.165, 1.54) is 6.08 Å². The predicted molar refractivity (Wildman–Crippen MR) is 44.1 cm³/mol. The predicted octanol–water partition coefficient (Wildman–Crippen LogP) is 1.17. The van der Waals surface area contributed by atoms with Crippen LogP contribution in [0.5, 0.6) is 0 Å². The maximum atomic E-state index is 9.95. The molecule has 3 heteroatoms. The van der Waals surface area contributed by atoms with Gasteiger partial charge in [-0.25, -0.2) is 4.98 Å². The quantitative estimate of drug-likeness (QED) is 0.479. The molecule has 0 fully saturated rings. The van der Waals surface area contributed by atoms with Gasteiger partial charge in [-0.2, -0.15) is 5.26 Å². The van der Waals surface area contributed by atoms with Gasteiger partial charge in [0.25, 0.3) is 0 Å². The maximum absolute atomic E-state index is 9.95. The second kappa shape index (κ2) is 4.04. The van der Waals surface area contributed by atoms with Crippen LogP contribution < -0.4 is 0 Å². The molecule has 1 rings (SSSR count). The summed E-state index contributed by atoms with van der Waals surface area (Å²) in [6.45, 7) is 0. The Morgan fingerprint density at radius 1 is 1.50 bits per heavy atom. The van der Waals surface area contributed by atoms with Crippen LogP contribution in [0, 0.1) is 11.3 Å². The standard InChI is InChI=1S/C9H6N2O/c10-7-9-4-1-3-8(11-9)5-2-6-12/h1-6H. The molecule has 0 N–H and O–H groups in total. The van der Waals surface area contributed by atoms with Gasteiger partial charge in [0.05, 0.1) is 5.69 Å². The molecule has 3 nitrogen and oxygen atoms in total. The van der Waals surface area contributed by atoms with E-state index < -0.39 is 0 Å². The molecule has 12 heavy (non-hydrogen) atoms. The molecule has 0 aliphatic heterocycles. The smallest absolute Gasteiger partial charge is 0.142 e. The van der Waals surface area contributed by atoms with Gasteiger partial charge < -0.3 is 0 Å². The molecule has 1 heterocycles. The van der Waals surface area contributed by atoms with Gasteiger partial charge >= 0.3 is 0 Å². The first kappa shape index (κ1) is 8.15. The van der Waals surface area contributed by atoms with E-state index in [-0.39, 0.29) is 0 Å². The fourth-order valence-electron chi connectivity index (χ4n) is 0.744. The maximum Gasteiger partial charge on any atom is 0.142 e. The second-order valence-electron chi connectivity index (χ2n) is 2.05. The molecule has 0 atom stereocenters. The number of pyridine rings is 1. The minimum absolute atomic E-state index is 0.350. The number of rotatable bonds is 2. The summed E-state index contributed by atoms with van der Waals surface area (Å²) in [6.07, 6.45) is 3.55. The lowest BCUT2D eigenvalue weighted by Crippen LogP contribution is -1.84. The zero-order valence-electron chi connectivity index (χ0n) is 6.27. The van der Waals surface area contributed by atoms with Gasteiger partial charge in [-0.15, -0.1) is 0 Å². The van der Waals surface area contributed by atoms with E-state index in [0.29, 0.717) is 17.7 Å². The lowest BCUT2D eigenvalue weighted by Gasteiger charge is -1.90. The number of carbonyl (C=O) groups excluding carboxylic acids is 1. The first-order valence-corrected chi connectivity index (χ1v) is 3.36. The Labute approximate surface area is 70.0 Å². The number of aldehydes is 1. The van der Waals surface area contributed by atoms with Crippen molar-refractivity contribution in [1.82, 2.24) is 4.98 Å². The Kier molecular flexibility index (Phi) is 2.74. The normalized spacial score (nSPS) is 9.58. The fourth-order valence-corrected chi connectivity index (χ4v) is 0.744. The summed E-state index contributed by atoms with van der Waals surface area (Å²) in [5, 5.41) is 8.48. The lowest BCUT2D eigenvalue weighted by atomic mass is 10.3. The van der Waals surface area contributed by atoms with E-state index >= 15 is 0 Å². The van der Waals surface area contributed by atoms with Crippen molar-refractivity contribution in [2.24, 2.45) is 0 Å². The van der Waals surface area contributed by atoms with E-state index in [1.54, 1.807) is 24.3 Å². The zero-order chi connectivity index (χ0) is 8.81. The molecule has 0 aliphatic rings. The molecule has 0 saturated heterocycles. The largest absolute Gasteiger partial charge is 0.299 e. The highest BCUT2D eigenvalue weighted by Crippen LogP contribution is 1.99. The number of aromatic nitrogens is 1. The molecular formula is C9H6N2O. The summed E-state index contributed by atoms with van der Waals surface area (Å²) in [5.41, 5.74) is 0.962. The molecule has 0 radical (unpaired) electrons. The third kappa shape index (κ3) is 2.03. The first-order chi connectivity index (χ1) is 5.86. The van der Waals surface area contributed by atoms with Crippen LogP contribution in [0.25, 0.3) is 6.08 Å². The third-order valence-corrected chi connectivity index (χ3v) is 1.23. The summed E-state index contributed by atoms with van der Waals surface area (Å²) in [5.74, 6) is 0. The molecule has 1 aromatic heterocycles. The molecule has 1 aromatic rings. The van der Waals surface area contributed by atoms with E-state index in [9.17, 15) is 4.79 Å². The fraction of sp³-hybridized carbons (Fsp3) is 0. The van der Waals surface area contributed by atoms with E-state index in [2.05, 4.69) is 4.98 Å². The van der Waals surface area contributed by atoms with Crippen molar-refractivity contribution in [3.63, 3.8) is 0 Å². The van der Waals surface area contributed by atoms with Crippen molar-refractivity contribution in [1.29, 1.82) is 5.26 Å². The molecule has 0 unspecified atom stereocenters. The van der Waals surface area contributed by atoms with Crippen molar-refractivity contribution in [3.8, 4) is 6.07 Å². The van der Waals surface area contributed by atoms with Crippen LogP contribution in [0.4, 0.5) is 0 Å². The van der Waals surface area contributed by atoms with Crippen LogP contribution in [0.15, 0.2) is 24.3 Å². The molecule has 0 amide bonds. The highest BCUT2D eigenvalue weighted by atomic mass is 16.1. The Balaban J connectivity index is 2.95. The monoisotopic (exact) mass is 158 g/mol. The van der Waals surface area contributed by atoms with Crippen molar-refractivity contribution in [2.45, 2.75) is 0 Å². The Morgan fingerprint density at radius 3 is 3.00 bits per heavy atom. The Bertz CT molecular complexity index is 350. The number of hydrogen-bond donors (Lipinski definition) is 0. The minimum Gasteiger partial charge on any atom is -0.299 e. The summed E-state index contributed by atoms with van der Waals surface area (Å²) in [6, 6.07) is 6.96. The van der Waals surface area contributed by atoms with Crippen molar-refractivity contribution in [2.75, 3.05) is 0 Å². The SMILES string of the molecule is N#Cc1cccc(C=CC=O)n1. The number of nitrogens with zero attached hydrogens (tertiary/aromatic N) is 2. The van der Waals surface area contributed by atoms with Crippen LogP contribution in [0.2, 0.25) is 0 Å². The van der Waals surface area contributed by atoms with Crippen LogP contribution >= 0.6 is 0 Å². The van der Waals surface area contributed by atoms with Crippen molar-refractivity contribution in [3.05, 3.63) is 35.7 Å². The van der Waals surface area contributed by atoms with Crippen LogP contribution in [0.3, 0.4) is 0 Å². The van der Waals surface area contributed by atoms with Gasteiger partial charge in [0, 0.05) is 0 Å². The Hall–Kier alpha value is -1.95. The molecule has 58 valence electrons. The highest BCUT2D eigenvalue weighted by molar-refractivity contribution is 5.72. The van der Waals surface area contributed by atoms with Crippen LogP contribution in [0.1, 0.15) is 11.4 Å².